The molecule has 0 bridgehead atoms. The van der Waals surface area contributed by atoms with Gasteiger partial charge in [0.05, 0.1) is 20.9 Å². The average molecular weight is 384 g/mol. The van der Waals surface area contributed by atoms with E-state index in [0.717, 1.165) is 5.56 Å². The van der Waals surface area contributed by atoms with Crippen LogP contribution in [0.1, 0.15) is 0 Å². The minimum Gasteiger partial charge on any atom is -0.508 e. The highest BCUT2D eigenvalue weighted by Gasteiger charge is 2.13. The molecule has 0 saturated carbocycles. The molecule has 0 unspecified atom stereocenters. The summed E-state index contributed by atoms with van der Waals surface area (Å²) in [7, 11) is 0. The summed E-state index contributed by atoms with van der Waals surface area (Å²) in [6.45, 7) is 0. The number of phenolic OH excluding ortho intramolecular Hbond substituents is 1. The van der Waals surface area contributed by atoms with Crippen LogP contribution in [0.3, 0.4) is 0 Å². The molecular formula is C19H11Cl2N3O2. The number of benzene rings is 2. The van der Waals surface area contributed by atoms with E-state index >= 15 is 0 Å². The summed E-state index contributed by atoms with van der Waals surface area (Å²) in [6, 6.07) is 13.4. The lowest BCUT2D eigenvalue weighted by Gasteiger charge is -2.11. The highest BCUT2D eigenvalue weighted by Crippen LogP contribution is 2.34. The Balaban J connectivity index is 1.87. The molecule has 1 N–H and O–H groups in total. The van der Waals surface area contributed by atoms with Crippen LogP contribution < -0.4 is 4.74 Å². The predicted molar refractivity (Wildman–Crippen MR) is 101 cm³/mol. The van der Waals surface area contributed by atoms with Gasteiger partial charge in [0.1, 0.15) is 11.5 Å². The van der Waals surface area contributed by atoms with E-state index < -0.39 is 0 Å². The van der Waals surface area contributed by atoms with Crippen LogP contribution in [0.5, 0.6) is 17.4 Å². The molecule has 0 aliphatic rings. The number of aromatic nitrogens is 3. The summed E-state index contributed by atoms with van der Waals surface area (Å²) < 4.78 is 5.92. The maximum atomic E-state index is 9.83. The van der Waals surface area contributed by atoms with Crippen LogP contribution in [-0.2, 0) is 0 Å². The number of pyridine rings is 1. The second kappa shape index (κ2) is 6.78. The third-order valence-corrected chi connectivity index (χ3v) is 4.41. The van der Waals surface area contributed by atoms with Gasteiger partial charge in [-0.25, -0.2) is 4.98 Å². The Labute approximate surface area is 158 Å². The van der Waals surface area contributed by atoms with E-state index in [2.05, 4.69) is 15.0 Å². The smallest absolute Gasteiger partial charge is 0.230 e. The Morgan fingerprint density at radius 2 is 1.81 bits per heavy atom. The van der Waals surface area contributed by atoms with E-state index in [9.17, 15) is 5.11 Å². The van der Waals surface area contributed by atoms with Crippen LogP contribution in [0, 0.1) is 0 Å². The molecule has 0 radical (unpaired) electrons. The summed E-state index contributed by atoms with van der Waals surface area (Å²) in [5.74, 6) is 1.32. The zero-order valence-corrected chi connectivity index (χ0v) is 14.7. The first-order valence-corrected chi connectivity index (χ1v) is 8.40. The summed E-state index contributed by atoms with van der Waals surface area (Å²) in [5, 5.41) is 11.2. The Kier molecular flexibility index (Phi) is 4.32. The van der Waals surface area contributed by atoms with Gasteiger partial charge in [-0.05, 0) is 42.5 Å². The molecule has 128 valence electrons. The number of phenols is 1. The molecule has 26 heavy (non-hydrogen) atoms. The van der Waals surface area contributed by atoms with E-state index in [-0.39, 0.29) is 5.75 Å². The number of hydrogen-bond donors (Lipinski definition) is 1. The van der Waals surface area contributed by atoms with Gasteiger partial charge in [0.25, 0.3) is 0 Å². The number of hydrogen-bond acceptors (Lipinski definition) is 5. The fourth-order valence-corrected chi connectivity index (χ4v) is 2.73. The van der Waals surface area contributed by atoms with Crippen molar-refractivity contribution in [2.45, 2.75) is 0 Å². The monoisotopic (exact) mass is 383 g/mol. The third-order valence-electron chi connectivity index (χ3n) is 3.67. The Hall–Kier alpha value is -2.89. The summed E-state index contributed by atoms with van der Waals surface area (Å²) in [5.41, 5.74) is 1.38. The van der Waals surface area contributed by atoms with Gasteiger partial charge in [-0.1, -0.05) is 23.2 Å². The van der Waals surface area contributed by atoms with Crippen molar-refractivity contribution in [3.63, 3.8) is 0 Å². The predicted octanol–water partition coefficient (Wildman–Crippen LogP) is 5.50. The zero-order valence-electron chi connectivity index (χ0n) is 13.2. The van der Waals surface area contributed by atoms with Gasteiger partial charge in [-0.2, -0.15) is 4.98 Å². The van der Waals surface area contributed by atoms with Gasteiger partial charge in [-0.3, -0.25) is 4.98 Å². The Morgan fingerprint density at radius 1 is 0.923 bits per heavy atom. The van der Waals surface area contributed by atoms with Crippen molar-refractivity contribution in [3.8, 4) is 28.8 Å². The lowest BCUT2D eigenvalue weighted by Crippen LogP contribution is -1.96. The van der Waals surface area contributed by atoms with E-state index in [0.29, 0.717) is 38.4 Å². The maximum absolute atomic E-state index is 9.83. The van der Waals surface area contributed by atoms with Gasteiger partial charge in [0, 0.05) is 24.0 Å². The molecule has 0 saturated heterocycles. The van der Waals surface area contributed by atoms with Gasteiger partial charge in [-0.15, -0.1) is 0 Å². The SMILES string of the molecule is Oc1ccc2nc(-c3cccnc3)nc(Oc3ccc(Cl)c(Cl)c3)c2c1. The van der Waals surface area contributed by atoms with Gasteiger partial charge in [0.2, 0.25) is 5.88 Å². The van der Waals surface area contributed by atoms with Crippen LogP contribution in [0.15, 0.2) is 60.9 Å². The Bertz CT molecular complexity index is 1100. The van der Waals surface area contributed by atoms with E-state index in [4.69, 9.17) is 27.9 Å². The largest absolute Gasteiger partial charge is 0.508 e. The first kappa shape index (κ1) is 16.6. The topological polar surface area (TPSA) is 68.1 Å². The molecule has 2 aromatic heterocycles. The quantitative estimate of drug-likeness (QED) is 0.505. The molecule has 0 aliphatic heterocycles. The zero-order chi connectivity index (χ0) is 18.1. The van der Waals surface area contributed by atoms with Crippen LogP contribution in [0.2, 0.25) is 10.0 Å². The lowest BCUT2D eigenvalue weighted by atomic mass is 10.2. The molecule has 0 atom stereocenters. The van der Waals surface area contributed by atoms with Crippen LogP contribution >= 0.6 is 23.2 Å². The van der Waals surface area contributed by atoms with Crippen molar-refractivity contribution >= 4 is 34.1 Å². The first-order valence-electron chi connectivity index (χ1n) is 7.64. The van der Waals surface area contributed by atoms with Crippen molar-refractivity contribution in [2.75, 3.05) is 0 Å². The molecule has 0 amide bonds. The lowest BCUT2D eigenvalue weighted by molar-refractivity contribution is 0.465. The fraction of sp³-hybridized carbons (Fsp3) is 0. The van der Waals surface area contributed by atoms with Crippen LogP contribution in [-0.4, -0.2) is 20.1 Å². The van der Waals surface area contributed by atoms with Gasteiger partial charge >= 0.3 is 0 Å². The summed E-state index contributed by atoms with van der Waals surface area (Å²) in [4.78, 5) is 13.1. The maximum Gasteiger partial charge on any atom is 0.230 e. The standard InChI is InChI=1S/C19H11Cl2N3O2/c20-15-5-4-13(9-16(15)21)26-19-14-8-12(25)3-6-17(14)23-18(24-19)11-2-1-7-22-10-11/h1-10,25H. The van der Waals surface area contributed by atoms with E-state index in [1.54, 1.807) is 54.9 Å². The van der Waals surface area contributed by atoms with Crippen LogP contribution in [0.4, 0.5) is 0 Å². The number of rotatable bonds is 3. The molecule has 7 heteroatoms. The molecule has 5 nitrogen and oxygen atoms in total. The molecule has 4 rings (SSSR count). The van der Waals surface area contributed by atoms with Crippen molar-refractivity contribution < 1.29 is 9.84 Å². The van der Waals surface area contributed by atoms with E-state index in [1.807, 2.05) is 6.07 Å². The minimum atomic E-state index is 0.0919. The summed E-state index contributed by atoms with van der Waals surface area (Å²) >= 11 is 12.0. The summed E-state index contributed by atoms with van der Waals surface area (Å²) in [6.07, 6.45) is 3.35. The van der Waals surface area contributed by atoms with Crippen molar-refractivity contribution in [1.82, 2.24) is 15.0 Å². The highest BCUT2D eigenvalue weighted by atomic mass is 35.5. The number of nitrogens with zero attached hydrogens (tertiary/aromatic N) is 3. The number of fused-ring (bicyclic) bond motifs is 1. The Morgan fingerprint density at radius 3 is 2.58 bits per heavy atom. The molecule has 0 spiro atoms. The average Bonchev–Trinajstić information content (AvgIpc) is 2.65. The van der Waals surface area contributed by atoms with Crippen LogP contribution in [0.25, 0.3) is 22.3 Å². The van der Waals surface area contributed by atoms with Gasteiger partial charge in [0.15, 0.2) is 5.82 Å². The number of ether oxygens (including phenoxy) is 1. The highest BCUT2D eigenvalue weighted by molar-refractivity contribution is 6.42. The van der Waals surface area contributed by atoms with Crippen molar-refractivity contribution in [1.29, 1.82) is 0 Å². The molecule has 2 aromatic carbocycles. The second-order valence-corrected chi connectivity index (χ2v) is 6.29. The molecule has 2 heterocycles. The number of halogens is 2. The van der Waals surface area contributed by atoms with E-state index in [1.165, 1.54) is 0 Å². The first-order chi connectivity index (χ1) is 12.6. The minimum absolute atomic E-state index is 0.0919. The molecule has 0 fully saturated rings. The van der Waals surface area contributed by atoms with Gasteiger partial charge < -0.3 is 9.84 Å². The number of aromatic hydroxyl groups is 1. The van der Waals surface area contributed by atoms with Crippen molar-refractivity contribution in [3.05, 3.63) is 71.0 Å². The second-order valence-electron chi connectivity index (χ2n) is 5.47. The molecular weight excluding hydrogens is 373 g/mol. The normalized spacial score (nSPS) is 10.8. The molecule has 0 aliphatic carbocycles. The third kappa shape index (κ3) is 3.27. The van der Waals surface area contributed by atoms with Crippen molar-refractivity contribution in [2.24, 2.45) is 0 Å². The molecule has 4 aromatic rings. The fourth-order valence-electron chi connectivity index (χ4n) is 2.44.